The molecule has 5 nitrogen and oxygen atoms in total. The Bertz CT molecular complexity index is 750. The maximum absolute atomic E-state index is 13.2. The van der Waals surface area contributed by atoms with Crippen molar-refractivity contribution in [3.63, 3.8) is 0 Å². The maximum atomic E-state index is 13.2. The third kappa shape index (κ3) is 5.57. The molecule has 1 aromatic rings. The Morgan fingerprint density at radius 1 is 1.40 bits per heavy atom. The van der Waals surface area contributed by atoms with Gasteiger partial charge in [-0.2, -0.15) is 0 Å². The Hall–Kier alpha value is -1.34. The number of hydrogen-bond donors (Lipinski definition) is 2. The summed E-state index contributed by atoms with van der Waals surface area (Å²) in [7, 11) is -1.21. The summed E-state index contributed by atoms with van der Waals surface area (Å²) >= 11 is 6.17. The molecule has 140 valence electrons. The number of nitrogens with one attached hydrogen (secondary N) is 2. The second-order valence-corrected chi connectivity index (χ2v) is 9.72. The van der Waals surface area contributed by atoms with Crippen molar-refractivity contribution in [3.8, 4) is 0 Å². The average molecular weight is 390 g/mol. The molecule has 1 atom stereocenters. The molecule has 0 aromatic heterocycles. The highest BCUT2D eigenvalue weighted by molar-refractivity contribution is 7.91. The Morgan fingerprint density at radius 3 is 2.68 bits per heavy atom. The molecule has 1 aliphatic rings. The minimum absolute atomic E-state index is 0.114. The van der Waals surface area contributed by atoms with Crippen molar-refractivity contribution in [3.05, 3.63) is 34.6 Å². The fourth-order valence-corrected chi connectivity index (χ4v) is 5.22. The van der Waals surface area contributed by atoms with Gasteiger partial charge in [0.05, 0.1) is 11.5 Å². The molecule has 2 N–H and O–H groups in total. The van der Waals surface area contributed by atoms with E-state index < -0.39 is 9.84 Å². The molecule has 1 saturated heterocycles. The monoisotopic (exact) mass is 389 g/mol. The van der Waals surface area contributed by atoms with E-state index in [2.05, 4.69) is 15.6 Å². The van der Waals surface area contributed by atoms with Gasteiger partial charge in [0.2, 0.25) is 0 Å². The molecular formula is C17H25ClFN3O2S. The van der Waals surface area contributed by atoms with Crippen LogP contribution in [0, 0.1) is 11.7 Å². The molecule has 0 spiro atoms. The van der Waals surface area contributed by atoms with E-state index >= 15 is 0 Å². The third-order valence-corrected chi connectivity index (χ3v) is 6.62. The summed E-state index contributed by atoms with van der Waals surface area (Å²) in [5, 5.41) is 6.80. The smallest absolute Gasteiger partial charge is 0.191 e. The van der Waals surface area contributed by atoms with E-state index in [1.54, 1.807) is 13.1 Å². The maximum Gasteiger partial charge on any atom is 0.191 e. The average Bonchev–Trinajstić information content (AvgIpc) is 2.86. The first-order valence-corrected chi connectivity index (χ1v) is 10.4. The minimum atomic E-state index is -2.88. The van der Waals surface area contributed by atoms with Crippen LogP contribution in [0.2, 0.25) is 5.02 Å². The molecular weight excluding hydrogens is 365 g/mol. The van der Waals surface area contributed by atoms with Crippen LogP contribution < -0.4 is 10.6 Å². The summed E-state index contributed by atoms with van der Waals surface area (Å²) < 4.78 is 36.3. The van der Waals surface area contributed by atoms with Gasteiger partial charge in [-0.15, -0.1) is 0 Å². The predicted octanol–water partition coefficient (Wildman–Crippen LogP) is 2.36. The van der Waals surface area contributed by atoms with Crippen LogP contribution in [-0.2, 0) is 15.3 Å². The largest absolute Gasteiger partial charge is 0.356 e. The van der Waals surface area contributed by atoms with Crippen LogP contribution in [-0.4, -0.2) is 46.0 Å². The van der Waals surface area contributed by atoms with E-state index in [0.29, 0.717) is 30.5 Å². The van der Waals surface area contributed by atoms with Gasteiger partial charge < -0.3 is 10.6 Å². The first-order chi connectivity index (χ1) is 11.6. The Morgan fingerprint density at radius 2 is 2.12 bits per heavy atom. The number of guanidine groups is 1. The van der Waals surface area contributed by atoms with Gasteiger partial charge in [0, 0.05) is 30.6 Å². The summed E-state index contributed by atoms with van der Waals surface area (Å²) in [6.07, 6.45) is 0.684. The number of rotatable bonds is 5. The van der Waals surface area contributed by atoms with Crippen LogP contribution in [0.5, 0.6) is 0 Å². The molecule has 2 rings (SSSR count). The number of halogens is 2. The lowest BCUT2D eigenvalue weighted by molar-refractivity contribution is 0.502. The van der Waals surface area contributed by atoms with Crippen LogP contribution in [0.3, 0.4) is 0 Å². The molecule has 1 fully saturated rings. The number of benzene rings is 1. The zero-order valence-electron chi connectivity index (χ0n) is 14.8. The van der Waals surface area contributed by atoms with Crippen molar-refractivity contribution in [2.75, 3.05) is 31.6 Å². The summed E-state index contributed by atoms with van der Waals surface area (Å²) in [5.74, 6) is 0.856. The van der Waals surface area contributed by atoms with Crippen LogP contribution in [0.15, 0.2) is 23.2 Å². The summed E-state index contributed by atoms with van der Waals surface area (Å²) in [5.41, 5.74) is 0.513. The van der Waals surface area contributed by atoms with Crippen LogP contribution in [0.1, 0.15) is 25.8 Å². The fourth-order valence-electron chi connectivity index (χ4n) is 2.93. The van der Waals surface area contributed by atoms with Gasteiger partial charge in [-0.25, -0.2) is 12.8 Å². The molecule has 1 aromatic carbocycles. The van der Waals surface area contributed by atoms with Crippen LogP contribution in [0.25, 0.3) is 0 Å². The Balaban J connectivity index is 1.91. The van der Waals surface area contributed by atoms with Crippen molar-refractivity contribution >= 4 is 27.4 Å². The van der Waals surface area contributed by atoms with E-state index in [1.165, 1.54) is 12.1 Å². The number of hydrogen-bond acceptors (Lipinski definition) is 3. The highest BCUT2D eigenvalue weighted by atomic mass is 35.5. The molecule has 0 aliphatic carbocycles. The molecule has 8 heteroatoms. The molecule has 25 heavy (non-hydrogen) atoms. The first kappa shape index (κ1) is 20.0. The third-order valence-electron chi connectivity index (χ3n) is 4.47. The highest BCUT2D eigenvalue weighted by Crippen LogP contribution is 2.29. The Labute approximate surface area is 154 Å². The van der Waals surface area contributed by atoms with Gasteiger partial charge in [0.15, 0.2) is 15.8 Å². The van der Waals surface area contributed by atoms with E-state index in [9.17, 15) is 12.8 Å². The normalized spacial score (nSPS) is 20.5. The summed E-state index contributed by atoms with van der Waals surface area (Å²) in [4.78, 5) is 4.17. The zero-order valence-corrected chi connectivity index (χ0v) is 16.3. The lowest BCUT2D eigenvalue weighted by atomic mass is 9.84. The van der Waals surface area contributed by atoms with Gasteiger partial charge in [0.1, 0.15) is 5.82 Å². The number of aliphatic imine (C=N–C) groups is 1. The van der Waals surface area contributed by atoms with Crippen molar-refractivity contribution in [2.45, 2.75) is 25.7 Å². The fraction of sp³-hybridized carbons (Fsp3) is 0.588. The molecule has 1 unspecified atom stereocenters. The van der Waals surface area contributed by atoms with E-state index in [-0.39, 0.29) is 28.7 Å². The topological polar surface area (TPSA) is 70.6 Å². The molecule has 0 bridgehead atoms. The molecule has 0 radical (unpaired) electrons. The van der Waals surface area contributed by atoms with Gasteiger partial charge in [-0.3, -0.25) is 4.99 Å². The molecule has 1 aliphatic heterocycles. The van der Waals surface area contributed by atoms with Crippen LogP contribution >= 0.6 is 11.6 Å². The quantitative estimate of drug-likeness (QED) is 0.599. The van der Waals surface area contributed by atoms with Gasteiger partial charge in [-0.05, 0) is 30.0 Å². The van der Waals surface area contributed by atoms with E-state index in [0.717, 1.165) is 5.56 Å². The van der Waals surface area contributed by atoms with Crippen molar-refractivity contribution in [1.29, 1.82) is 0 Å². The Kier molecular flexibility index (Phi) is 6.32. The van der Waals surface area contributed by atoms with Gasteiger partial charge in [-0.1, -0.05) is 31.5 Å². The van der Waals surface area contributed by atoms with Crippen molar-refractivity contribution < 1.29 is 12.8 Å². The van der Waals surface area contributed by atoms with Crippen molar-refractivity contribution in [1.82, 2.24) is 10.6 Å². The highest BCUT2D eigenvalue weighted by Gasteiger charge is 2.28. The van der Waals surface area contributed by atoms with Crippen LogP contribution in [0.4, 0.5) is 4.39 Å². The molecule has 0 saturated carbocycles. The van der Waals surface area contributed by atoms with E-state index in [1.807, 2.05) is 13.8 Å². The standard InChI is InChI=1S/C17H25ClFN3O2S/c1-17(2,14-5-4-13(19)8-15(14)18)11-22-16(20-3)21-9-12-6-7-25(23,24)10-12/h4-5,8,12H,6-7,9-11H2,1-3H3,(H2,20,21,22). The second-order valence-electron chi connectivity index (χ2n) is 7.08. The van der Waals surface area contributed by atoms with E-state index in [4.69, 9.17) is 11.6 Å². The SMILES string of the molecule is CN=C(NCC1CCS(=O)(=O)C1)NCC(C)(C)c1ccc(F)cc1Cl. The lowest BCUT2D eigenvalue weighted by Gasteiger charge is -2.28. The predicted molar refractivity (Wildman–Crippen MR) is 101 cm³/mol. The zero-order chi connectivity index (χ0) is 18.7. The van der Waals surface area contributed by atoms with Gasteiger partial charge >= 0.3 is 0 Å². The number of sulfone groups is 1. The summed E-state index contributed by atoms with van der Waals surface area (Å²) in [6.45, 7) is 5.13. The number of nitrogens with zero attached hydrogens (tertiary/aromatic N) is 1. The second kappa shape index (κ2) is 7.91. The summed E-state index contributed by atoms with van der Waals surface area (Å²) in [6, 6.07) is 4.40. The lowest BCUT2D eigenvalue weighted by Crippen LogP contribution is -2.45. The van der Waals surface area contributed by atoms with Gasteiger partial charge in [0.25, 0.3) is 0 Å². The minimum Gasteiger partial charge on any atom is -0.356 e. The first-order valence-electron chi connectivity index (χ1n) is 8.23. The van der Waals surface area contributed by atoms with Crippen molar-refractivity contribution in [2.24, 2.45) is 10.9 Å². The molecule has 1 heterocycles. The molecule has 0 amide bonds.